The van der Waals surface area contributed by atoms with Crippen molar-refractivity contribution in [2.75, 3.05) is 7.11 Å². The summed E-state index contributed by atoms with van der Waals surface area (Å²) in [4.78, 5) is 0. The van der Waals surface area contributed by atoms with E-state index in [1.807, 2.05) is 0 Å². The third-order valence-corrected chi connectivity index (χ3v) is 3.58. The van der Waals surface area contributed by atoms with Crippen LogP contribution in [-0.4, -0.2) is 12.2 Å². The van der Waals surface area contributed by atoms with Crippen LogP contribution in [0, 0.1) is 5.82 Å². The molecule has 1 N–H and O–H groups in total. The quantitative estimate of drug-likeness (QED) is 0.897. The van der Waals surface area contributed by atoms with E-state index in [0.29, 0.717) is 11.3 Å². The number of aliphatic hydroxyl groups is 1. The summed E-state index contributed by atoms with van der Waals surface area (Å²) >= 11 is 9.27. The van der Waals surface area contributed by atoms with Crippen LogP contribution < -0.4 is 4.74 Å². The van der Waals surface area contributed by atoms with Gasteiger partial charge in [0.2, 0.25) is 0 Å². The molecule has 0 aliphatic carbocycles. The average molecular weight is 346 g/mol. The minimum atomic E-state index is -1.19. The van der Waals surface area contributed by atoms with Crippen molar-refractivity contribution in [2.24, 2.45) is 0 Å². The van der Waals surface area contributed by atoms with Crippen molar-refractivity contribution in [2.45, 2.75) is 6.10 Å². The van der Waals surface area contributed by atoms with Gasteiger partial charge in [0.25, 0.3) is 0 Å². The van der Waals surface area contributed by atoms with E-state index in [4.69, 9.17) is 16.3 Å². The predicted octanol–water partition coefficient (Wildman–Crippen LogP) is 4.33. The molecule has 0 spiro atoms. The number of aliphatic hydroxyl groups excluding tert-OH is 1. The normalized spacial score (nSPS) is 12.3. The van der Waals surface area contributed by atoms with E-state index in [1.54, 1.807) is 18.2 Å². The van der Waals surface area contributed by atoms with Crippen LogP contribution in [-0.2, 0) is 0 Å². The molecule has 0 aromatic heterocycles. The molecule has 1 atom stereocenters. The first-order valence-electron chi connectivity index (χ1n) is 5.50. The van der Waals surface area contributed by atoms with Gasteiger partial charge in [0, 0.05) is 20.6 Å². The van der Waals surface area contributed by atoms with Gasteiger partial charge >= 0.3 is 0 Å². The van der Waals surface area contributed by atoms with Crippen LogP contribution >= 0.6 is 27.5 Å². The van der Waals surface area contributed by atoms with Crippen LogP contribution in [0.4, 0.5) is 4.39 Å². The van der Waals surface area contributed by atoms with E-state index in [0.717, 1.165) is 4.47 Å². The number of benzene rings is 2. The number of hydrogen-bond donors (Lipinski definition) is 1. The Bertz CT molecular complexity index is 584. The zero-order valence-corrected chi connectivity index (χ0v) is 12.4. The van der Waals surface area contributed by atoms with Crippen LogP contribution in [0.15, 0.2) is 40.9 Å². The molecule has 2 aromatic rings. The molecule has 19 heavy (non-hydrogen) atoms. The van der Waals surface area contributed by atoms with Crippen LogP contribution in [0.25, 0.3) is 0 Å². The van der Waals surface area contributed by atoms with Crippen LogP contribution in [0.1, 0.15) is 17.2 Å². The van der Waals surface area contributed by atoms with E-state index in [-0.39, 0.29) is 10.6 Å². The zero-order chi connectivity index (χ0) is 14.0. The number of ether oxygens (including phenoxy) is 1. The van der Waals surface area contributed by atoms with E-state index in [1.165, 1.54) is 25.3 Å². The van der Waals surface area contributed by atoms with E-state index in [9.17, 15) is 9.50 Å². The third-order valence-electron chi connectivity index (χ3n) is 2.76. The van der Waals surface area contributed by atoms with Crippen molar-refractivity contribution in [3.8, 4) is 5.75 Å². The second-order valence-corrected chi connectivity index (χ2v) is 5.25. The summed E-state index contributed by atoms with van der Waals surface area (Å²) in [6.45, 7) is 0. The van der Waals surface area contributed by atoms with Gasteiger partial charge in [0.1, 0.15) is 17.7 Å². The Morgan fingerprint density at radius 1 is 1.32 bits per heavy atom. The highest BCUT2D eigenvalue weighted by Gasteiger charge is 2.21. The molecule has 2 rings (SSSR count). The Balaban J connectivity index is 2.55. The smallest absolute Gasteiger partial charge is 0.130 e. The van der Waals surface area contributed by atoms with Gasteiger partial charge in [-0.25, -0.2) is 4.39 Å². The van der Waals surface area contributed by atoms with E-state index in [2.05, 4.69) is 15.9 Å². The average Bonchev–Trinajstić information content (AvgIpc) is 2.38. The lowest BCUT2D eigenvalue weighted by Gasteiger charge is -2.17. The highest BCUT2D eigenvalue weighted by Crippen LogP contribution is 2.36. The predicted molar refractivity (Wildman–Crippen MR) is 76.2 cm³/mol. The Kier molecular flexibility index (Phi) is 4.45. The fourth-order valence-corrected chi connectivity index (χ4v) is 2.49. The lowest BCUT2D eigenvalue weighted by molar-refractivity contribution is 0.209. The first-order chi connectivity index (χ1) is 9.04. The lowest BCUT2D eigenvalue weighted by atomic mass is 10.00. The molecule has 100 valence electrons. The molecular formula is C14H11BrClFO2. The molecule has 0 fully saturated rings. The SMILES string of the molecule is COc1ccc(Br)cc1C(O)c1c(F)cccc1Cl. The summed E-state index contributed by atoms with van der Waals surface area (Å²) in [7, 11) is 1.49. The van der Waals surface area contributed by atoms with Gasteiger partial charge in [-0.1, -0.05) is 33.6 Å². The molecule has 0 bridgehead atoms. The molecule has 0 aliphatic heterocycles. The third kappa shape index (κ3) is 2.91. The summed E-state index contributed by atoms with van der Waals surface area (Å²) in [6, 6.07) is 9.43. The molecule has 2 aromatic carbocycles. The van der Waals surface area contributed by atoms with Gasteiger partial charge in [0.15, 0.2) is 0 Å². The molecule has 2 nitrogen and oxygen atoms in total. The van der Waals surface area contributed by atoms with Crippen molar-refractivity contribution in [3.05, 3.63) is 62.8 Å². The lowest BCUT2D eigenvalue weighted by Crippen LogP contribution is -2.05. The van der Waals surface area contributed by atoms with E-state index < -0.39 is 11.9 Å². The summed E-state index contributed by atoms with van der Waals surface area (Å²) in [5.74, 6) is -0.0861. The van der Waals surface area contributed by atoms with E-state index >= 15 is 0 Å². The molecule has 5 heteroatoms. The van der Waals surface area contributed by atoms with Crippen molar-refractivity contribution >= 4 is 27.5 Å². The van der Waals surface area contributed by atoms with Gasteiger partial charge in [-0.15, -0.1) is 0 Å². The Morgan fingerprint density at radius 2 is 2.05 bits per heavy atom. The van der Waals surface area contributed by atoms with Gasteiger partial charge in [-0.05, 0) is 30.3 Å². The summed E-state index contributed by atoms with van der Waals surface area (Å²) in [5, 5.41) is 10.5. The maximum atomic E-state index is 13.8. The topological polar surface area (TPSA) is 29.5 Å². The highest BCUT2D eigenvalue weighted by atomic mass is 79.9. The standard InChI is InChI=1S/C14H11BrClFO2/c1-19-12-6-5-8(15)7-9(12)14(18)13-10(16)3-2-4-11(13)17/h2-7,14,18H,1H3. The Morgan fingerprint density at radius 3 is 2.68 bits per heavy atom. The summed E-state index contributed by atoms with van der Waals surface area (Å²) in [6.07, 6.45) is -1.19. The second kappa shape index (κ2) is 5.90. The molecule has 0 saturated carbocycles. The molecule has 0 amide bonds. The van der Waals surface area contributed by atoms with Crippen LogP contribution in [0.2, 0.25) is 5.02 Å². The van der Waals surface area contributed by atoms with Crippen molar-refractivity contribution in [1.29, 1.82) is 0 Å². The second-order valence-electron chi connectivity index (χ2n) is 3.92. The molecule has 0 aliphatic rings. The molecule has 1 unspecified atom stereocenters. The number of methoxy groups -OCH3 is 1. The maximum Gasteiger partial charge on any atom is 0.130 e. The fourth-order valence-electron chi connectivity index (χ4n) is 1.85. The minimum Gasteiger partial charge on any atom is -0.496 e. The fraction of sp³-hybridized carbons (Fsp3) is 0.143. The van der Waals surface area contributed by atoms with Gasteiger partial charge in [-0.2, -0.15) is 0 Å². The molecule has 0 saturated heterocycles. The van der Waals surface area contributed by atoms with Gasteiger partial charge in [-0.3, -0.25) is 0 Å². The minimum absolute atomic E-state index is 0.0422. The van der Waals surface area contributed by atoms with Gasteiger partial charge < -0.3 is 9.84 Å². The summed E-state index contributed by atoms with van der Waals surface area (Å²) in [5.41, 5.74) is 0.490. The van der Waals surface area contributed by atoms with Crippen molar-refractivity contribution < 1.29 is 14.2 Å². The number of hydrogen-bond acceptors (Lipinski definition) is 2. The summed E-state index contributed by atoms with van der Waals surface area (Å²) < 4.78 is 19.8. The largest absolute Gasteiger partial charge is 0.496 e. The zero-order valence-electron chi connectivity index (χ0n) is 10.0. The monoisotopic (exact) mass is 344 g/mol. The highest BCUT2D eigenvalue weighted by molar-refractivity contribution is 9.10. The molecule has 0 heterocycles. The van der Waals surface area contributed by atoms with Crippen molar-refractivity contribution in [1.82, 2.24) is 0 Å². The first-order valence-corrected chi connectivity index (χ1v) is 6.67. The Hall–Kier alpha value is -1.10. The number of rotatable bonds is 3. The van der Waals surface area contributed by atoms with Crippen LogP contribution in [0.5, 0.6) is 5.75 Å². The van der Waals surface area contributed by atoms with Gasteiger partial charge in [0.05, 0.1) is 7.11 Å². The number of halogens is 3. The molecular weight excluding hydrogens is 335 g/mol. The Labute approximate surface area is 123 Å². The van der Waals surface area contributed by atoms with Crippen molar-refractivity contribution in [3.63, 3.8) is 0 Å². The maximum absolute atomic E-state index is 13.8. The van der Waals surface area contributed by atoms with Crippen LogP contribution in [0.3, 0.4) is 0 Å². The first kappa shape index (κ1) is 14.3. The molecule has 0 radical (unpaired) electrons.